The van der Waals surface area contributed by atoms with Crippen molar-refractivity contribution in [3.63, 3.8) is 0 Å². The van der Waals surface area contributed by atoms with E-state index in [1.54, 1.807) is 11.3 Å². The quantitative estimate of drug-likeness (QED) is 0.895. The molecule has 5 nitrogen and oxygen atoms in total. The van der Waals surface area contributed by atoms with Gasteiger partial charge in [0.25, 0.3) is 0 Å². The highest BCUT2D eigenvalue weighted by Crippen LogP contribution is 2.27. The first-order chi connectivity index (χ1) is 12.3. The van der Waals surface area contributed by atoms with Gasteiger partial charge in [-0.15, -0.1) is 11.3 Å². The van der Waals surface area contributed by atoms with Crippen LogP contribution in [0.5, 0.6) is 0 Å². The number of hydrogen-bond donors (Lipinski definition) is 1. The predicted molar refractivity (Wildman–Crippen MR) is 101 cm³/mol. The molecule has 25 heavy (non-hydrogen) atoms. The van der Waals surface area contributed by atoms with E-state index < -0.39 is 0 Å². The first-order valence-corrected chi connectivity index (χ1v) is 9.93. The van der Waals surface area contributed by atoms with Gasteiger partial charge in [0.15, 0.2) is 5.13 Å². The van der Waals surface area contributed by atoms with Gasteiger partial charge in [0, 0.05) is 43.8 Å². The zero-order valence-electron chi connectivity index (χ0n) is 14.3. The summed E-state index contributed by atoms with van der Waals surface area (Å²) in [6.45, 7) is 3.71. The fourth-order valence-electron chi connectivity index (χ4n) is 3.43. The average molecular weight is 356 g/mol. The molecule has 0 spiro atoms. The Morgan fingerprint density at radius 3 is 2.72 bits per heavy atom. The summed E-state index contributed by atoms with van der Waals surface area (Å²) in [6, 6.07) is 10.4. The summed E-state index contributed by atoms with van der Waals surface area (Å²) in [5, 5.41) is 6.31. The highest BCUT2D eigenvalue weighted by atomic mass is 32.1. The van der Waals surface area contributed by atoms with Gasteiger partial charge in [0.1, 0.15) is 6.04 Å². The van der Waals surface area contributed by atoms with Crippen LogP contribution in [0.2, 0.25) is 0 Å². The van der Waals surface area contributed by atoms with Crippen molar-refractivity contribution in [3.05, 3.63) is 47.5 Å². The van der Waals surface area contributed by atoms with Crippen LogP contribution in [0.3, 0.4) is 0 Å². The van der Waals surface area contributed by atoms with Crippen molar-refractivity contribution in [1.82, 2.24) is 15.2 Å². The van der Waals surface area contributed by atoms with E-state index in [0.717, 1.165) is 56.1 Å². The minimum Gasteiger partial charge on any atom is -0.352 e. The Labute approximate surface area is 152 Å². The molecule has 2 fully saturated rings. The molecule has 132 valence electrons. The van der Waals surface area contributed by atoms with Crippen LogP contribution < -0.4 is 10.2 Å². The number of carbonyl (C=O) groups excluding carboxylic acids is 1. The maximum Gasteiger partial charge on any atom is 0.242 e. The summed E-state index contributed by atoms with van der Waals surface area (Å²) >= 11 is 1.68. The number of rotatable bonds is 5. The van der Waals surface area contributed by atoms with Crippen LogP contribution in [-0.2, 0) is 4.79 Å². The summed E-state index contributed by atoms with van der Waals surface area (Å²) in [5.41, 5.74) is 1.09. The Kier molecular flexibility index (Phi) is 4.99. The van der Waals surface area contributed by atoms with Crippen molar-refractivity contribution in [2.24, 2.45) is 0 Å². The fourth-order valence-corrected chi connectivity index (χ4v) is 4.13. The van der Waals surface area contributed by atoms with Crippen LogP contribution in [0.25, 0.3) is 0 Å². The minimum atomic E-state index is -0.196. The minimum absolute atomic E-state index is 0.149. The largest absolute Gasteiger partial charge is 0.352 e. The van der Waals surface area contributed by atoms with E-state index in [-0.39, 0.29) is 11.9 Å². The molecule has 0 bridgehead atoms. The normalized spacial score (nSPS) is 20.1. The van der Waals surface area contributed by atoms with E-state index in [4.69, 9.17) is 0 Å². The van der Waals surface area contributed by atoms with Gasteiger partial charge in [-0.1, -0.05) is 30.3 Å². The molecular weight excluding hydrogens is 332 g/mol. The summed E-state index contributed by atoms with van der Waals surface area (Å²) in [4.78, 5) is 22.1. The van der Waals surface area contributed by atoms with Crippen LogP contribution >= 0.6 is 11.3 Å². The first kappa shape index (κ1) is 16.5. The van der Waals surface area contributed by atoms with Crippen LogP contribution in [0.4, 0.5) is 5.13 Å². The van der Waals surface area contributed by atoms with E-state index in [1.165, 1.54) is 0 Å². The Hall–Kier alpha value is -1.92. The molecular formula is C19H24N4OS. The lowest BCUT2D eigenvalue weighted by molar-refractivity contribution is -0.126. The van der Waals surface area contributed by atoms with E-state index in [9.17, 15) is 4.79 Å². The molecule has 4 rings (SSSR count). The van der Waals surface area contributed by atoms with E-state index in [0.29, 0.717) is 6.04 Å². The number of aromatic nitrogens is 1. The van der Waals surface area contributed by atoms with Crippen molar-refractivity contribution in [3.8, 4) is 0 Å². The maximum absolute atomic E-state index is 12.9. The number of nitrogens with zero attached hydrogens (tertiary/aromatic N) is 3. The van der Waals surface area contributed by atoms with Gasteiger partial charge in [0.05, 0.1) is 0 Å². The molecule has 1 aromatic heterocycles. The number of carbonyl (C=O) groups is 1. The predicted octanol–water partition coefficient (Wildman–Crippen LogP) is 2.68. The molecule has 1 aliphatic carbocycles. The Morgan fingerprint density at radius 2 is 2.00 bits per heavy atom. The highest BCUT2D eigenvalue weighted by Gasteiger charge is 2.33. The molecule has 1 N–H and O–H groups in total. The van der Waals surface area contributed by atoms with Crippen LogP contribution in [0, 0.1) is 0 Å². The van der Waals surface area contributed by atoms with Crippen molar-refractivity contribution >= 4 is 22.4 Å². The van der Waals surface area contributed by atoms with Gasteiger partial charge >= 0.3 is 0 Å². The maximum atomic E-state index is 12.9. The molecule has 0 unspecified atom stereocenters. The van der Waals surface area contributed by atoms with Crippen LogP contribution in [0.1, 0.15) is 30.9 Å². The van der Waals surface area contributed by atoms with E-state index >= 15 is 0 Å². The molecule has 2 heterocycles. The second kappa shape index (κ2) is 7.54. The van der Waals surface area contributed by atoms with E-state index in [1.807, 2.05) is 29.8 Å². The summed E-state index contributed by atoms with van der Waals surface area (Å²) in [5.74, 6) is 0.149. The number of hydrogen-bond acceptors (Lipinski definition) is 5. The fraction of sp³-hybridized carbons (Fsp3) is 0.474. The smallest absolute Gasteiger partial charge is 0.242 e. The molecule has 1 amide bonds. The molecule has 1 saturated carbocycles. The standard InChI is InChI=1S/C19H24N4OS/c24-18(21-16-7-8-16)17(15-5-2-1-3-6-15)22-10-4-11-23(13-12-22)19-20-9-14-25-19/h1-3,5-6,9,14,16-17H,4,7-8,10-13H2,(H,21,24)/t17-/m1/s1. The third kappa shape index (κ3) is 4.02. The monoisotopic (exact) mass is 356 g/mol. The number of amides is 1. The van der Waals surface area contributed by atoms with E-state index in [2.05, 4.69) is 32.2 Å². The topological polar surface area (TPSA) is 48.5 Å². The van der Waals surface area contributed by atoms with Crippen LogP contribution in [0.15, 0.2) is 41.9 Å². The summed E-state index contributed by atoms with van der Waals surface area (Å²) < 4.78 is 0. The van der Waals surface area contributed by atoms with Gasteiger partial charge in [-0.2, -0.15) is 0 Å². The number of anilines is 1. The second-order valence-corrected chi connectivity index (χ2v) is 7.66. The second-order valence-electron chi connectivity index (χ2n) is 6.79. The van der Waals surface area contributed by atoms with Gasteiger partial charge in [-0.05, 0) is 24.8 Å². The lowest BCUT2D eigenvalue weighted by Gasteiger charge is -2.30. The summed E-state index contributed by atoms with van der Waals surface area (Å²) in [7, 11) is 0. The van der Waals surface area contributed by atoms with Crippen molar-refractivity contribution in [2.75, 3.05) is 31.1 Å². The molecule has 2 aliphatic rings. The number of nitrogens with one attached hydrogen (secondary N) is 1. The highest BCUT2D eigenvalue weighted by molar-refractivity contribution is 7.13. The zero-order valence-corrected chi connectivity index (χ0v) is 15.1. The molecule has 0 radical (unpaired) electrons. The molecule has 1 saturated heterocycles. The SMILES string of the molecule is O=C(NC1CC1)[C@@H](c1ccccc1)N1CCCN(c2nccs2)CC1. The van der Waals surface area contributed by atoms with Crippen molar-refractivity contribution < 1.29 is 4.79 Å². The van der Waals surface area contributed by atoms with Gasteiger partial charge < -0.3 is 10.2 Å². The number of thiazole rings is 1. The van der Waals surface area contributed by atoms with Gasteiger partial charge in [-0.25, -0.2) is 4.98 Å². The lowest BCUT2D eigenvalue weighted by atomic mass is 10.0. The van der Waals surface area contributed by atoms with Gasteiger partial charge in [-0.3, -0.25) is 9.69 Å². The van der Waals surface area contributed by atoms with Crippen LogP contribution in [-0.4, -0.2) is 48.0 Å². The van der Waals surface area contributed by atoms with Crippen molar-refractivity contribution in [1.29, 1.82) is 0 Å². The molecule has 1 aliphatic heterocycles. The Morgan fingerprint density at radius 1 is 1.16 bits per heavy atom. The average Bonchev–Trinajstić information content (AvgIpc) is 3.34. The Bertz CT molecular complexity index is 687. The summed E-state index contributed by atoms with van der Waals surface area (Å²) in [6.07, 6.45) is 5.13. The molecule has 6 heteroatoms. The Balaban J connectivity index is 1.51. The lowest BCUT2D eigenvalue weighted by Crippen LogP contribution is -2.43. The molecule has 2 aromatic rings. The third-order valence-electron chi connectivity index (χ3n) is 4.87. The van der Waals surface area contributed by atoms with Gasteiger partial charge in [0.2, 0.25) is 5.91 Å². The third-order valence-corrected chi connectivity index (χ3v) is 5.71. The molecule has 1 aromatic carbocycles. The molecule has 1 atom stereocenters. The zero-order chi connectivity index (χ0) is 17.1. The number of benzene rings is 1. The first-order valence-electron chi connectivity index (χ1n) is 9.05. The van der Waals surface area contributed by atoms with Crippen molar-refractivity contribution in [2.45, 2.75) is 31.3 Å².